The van der Waals surface area contributed by atoms with E-state index in [1.54, 1.807) is 12.1 Å². The van der Waals surface area contributed by atoms with E-state index in [2.05, 4.69) is 15.2 Å². The number of halogens is 1. The number of carbonyl (C=O) groups excluding carboxylic acids is 1. The quantitative estimate of drug-likeness (QED) is 0.604. The van der Waals surface area contributed by atoms with Gasteiger partial charge in [0.15, 0.2) is 0 Å². The molecule has 0 radical (unpaired) electrons. The van der Waals surface area contributed by atoms with Gasteiger partial charge in [0.25, 0.3) is 0 Å². The minimum Gasteiger partial charge on any atom is -0.492 e. The predicted molar refractivity (Wildman–Crippen MR) is 107 cm³/mol. The van der Waals surface area contributed by atoms with Gasteiger partial charge in [-0.15, -0.1) is 0 Å². The topological polar surface area (TPSA) is 54.5 Å². The molecule has 1 aliphatic rings. The van der Waals surface area contributed by atoms with Gasteiger partial charge >= 0.3 is 0 Å². The molecule has 28 heavy (non-hydrogen) atoms. The van der Waals surface area contributed by atoms with Crippen molar-refractivity contribution in [2.75, 3.05) is 26.2 Å². The van der Waals surface area contributed by atoms with Crippen molar-refractivity contribution in [1.82, 2.24) is 15.2 Å². The highest BCUT2D eigenvalue weighted by atomic mass is 19.1. The molecule has 0 saturated carbocycles. The lowest BCUT2D eigenvalue weighted by Crippen LogP contribution is -2.36. The average Bonchev–Trinajstić information content (AvgIpc) is 3.06. The van der Waals surface area contributed by atoms with Crippen molar-refractivity contribution in [3.63, 3.8) is 0 Å². The van der Waals surface area contributed by atoms with E-state index < -0.39 is 0 Å². The number of amides is 1. The van der Waals surface area contributed by atoms with Gasteiger partial charge in [0.2, 0.25) is 5.91 Å². The summed E-state index contributed by atoms with van der Waals surface area (Å²) in [7, 11) is 0. The Morgan fingerprint density at radius 3 is 2.71 bits per heavy atom. The largest absolute Gasteiger partial charge is 0.492 e. The molecule has 1 amide bonds. The first-order valence-electron chi connectivity index (χ1n) is 10.00. The molecule has 1 fully saturated rings. The number of pyridine rings is 1. The Morgan fingerprint density at radius 2 is 1.93 bits per heavy atom. The van der Waals surface area contributed by atoms with Crippen molar-refractivity contribution >= 4 is 5.91 Å². The number of benzene rings is 1. The maximum atomic E-state index is 12.8. The van der Waals surface area contributed by atoms with Crippen LogP contribution in [0.3, 0.4) is 0 Å². The van der Waals surface area contributed by atoms with E-state index in [0.29, 0.717) is 24.8 Å². The highest BCUT2D eigenvalue weighted by Gasteiger charge is 2.29. The Hall–Kier alpha value is -2.47. The Balaban J connectivity index is 1.30. The summed E-state index contributed by atoms with van der Waals surface area (Å²) in [6, 6.07) is 10.4. The van der Waals surface area contributed by atoms with E-state index in [1.165, 1.54) is 17.7 Å². The molecule has 0 spiro atoms. The van der Waals surface area contributed by atoms with Crippen molar-refractivity contribution in [2.24, 2.45) is 0 Å². The average molecular weight is 385 g/mol. The Kier molecular flexibility index (Phi) is 7.79. The lowest BCUT2D eigenvalue weighted by molar-refractivity contribution is -0.129. The minimum absolute atomic E-state index is 0.262. The van der Waals surface area contributed by atoms with Crippen LogP contribution in [-0.4, -0.2) is 48.1 Å². The van der Waals surface area contributed by atoms with Crippen LogP contribution in [0.15, 0.2) is 48.8 Å². The fraction of sp³-hybridized carbons (Fsp3) is 0.455. The first-order valence-corrected chi connectivity index (χ1v) is 10.00. The number of nitrogens with one attached hydrogen (secondary N) is 1. The third-order valence-corrected chi connectivity index (χ3v) is 5.08. The molecule has 1 aromatic carbocycles. The summed E-state index contributed by atoms with van der Waals surface area (Å²) in [4.78, 5) is 18.3. The van der Waals surface area contributed by atoms with Crippen molar-refractivity contribution in [3.05, 3.63) is 60.2 Å². The van der Waals surface area contributed by atoms with E-state index in [1.807, 2.05) is 24.5 Å². The van der Waals surface area contributed by atoms with E-state index in [0.717, 1.165) is 45.3 Å². The Bertz CT molecular complexity index is 724. The number of hydrogen-bond donors (Lipinski definition) is 1. The smallest absolute Gasteiger partial charge is 0.222 e. The highest BCUT2D eigenvalue weighted by Crippen LogP contribution is 2.21. The first-order chi connectivity index (χ1) is 13.7. The zero-order chi connectivity index (χ0) is 19.6. The first kappa shape index (κ1) is 20.3. The molecule has 6 heteroatoms. The zero-order valence-corrected chi connectivity index (χ0v) is 16.1. The van der Waals surface area contributed by atoms with Gasteiger partial charge in [-0.05, 0) is 74.2 Å². The van der Waals surface area contributed by atoms with Crippen LogP contribution >= 0.6 is 0 Å². The summed E-state index contributed by atoms with van der Waals surface area (Å²) >= 11 is 0. The summed E-state index contributed by atoms with van der Waals surface area (Å²) in [5.74, 6) is 0.686. The number of carbonyl (C=O) groups is 1. The number of aromatic nitrogens is 1. The molecule has 1 aromatic heterocycles. The van der Waals surface area contributed by atoms with Gasteiger partial charge < -0.3 is 15.0 Å². The van der Waals surface area contributed by atoms with Crippen molar-refractivity contribution in [3.8, 4) is 5.75 Å². The zero-order valence-electron chi connectivity index (χ0n) is 16.1. The highest BCUT2D eigenvalue weighted by molar-refractivity contribution is 5.78. The van der Waals surface area contributed by atoms with Gasteiger partial charge in [0, 0.05) is 37.9 Å². The van der Waals surface area contributed by atoms with E-state index in [9.17, 15) is 9.18 Å². The monoisotopic (exact) mass is 385 g/mol. The third-order valence-electron chi connectivity index (χ3n) is 5.08. The van der Waals surface area contributed by atoms with Crippen LogP contribution in [0.5, 0.6) is 5.75 Å². The van der Waals surface area contributed by atoms with Gasteiger partial charge in [-0.1, -0.05) is 0 Å². The van der Waals surface area contributed by atoms with Crippen molar-refractivity contribution < 1.29 is 13.9 Å². The van der Waals surface area contributed by atoms with Crippen molar-refractivity contribution in [1.29, 1.82) is 0 Å². The van der Waals surface area contributed by atoms with Crippen LogP contribution in [0.1, 0.15) is 31.2 Å². The molecule has 1 unspecified atom stereocenters. The van der Waals surface area contributed by atoms with Crippen molar-refractivity contribution in [2.45, 2.75) is 38.1 Å². The van der Waals surface area contributed by atoms with Crippen LogP contribution in [0.4, 0.5) is 4.39 Å². The van der Waals surface area contributed by atoms with Gasteiger partial charge in [-0.25, -0.2) is 4.39 Å². The normalized spacial score (nSPS) is 16.5. The molecule has 0 bridgehead atoms. The predicted octanol–water partition coefficient (Wildman–Crippen LogP) is 3.20. The number of nitrogens with zero attached hydrogens (tertiary/aromatic N) is 2. The second-order valence-electron chi connectivity index (χ2n) is 7.08. The van der Waals surface area contributed by atoms with Crippen LogP contribution < -0.4 is 10.1 Å². The minimum atomic E-state index is -0.262. The molecule has 1 N–H and O–H groups in total. The number of ether oxygens (including phenoxy) is 1. The summed E-state index contributed by atoms with van der Waals surface area (Å²) < 4.78 is 18.4. The standard InChI is InChI=1S/C22H28FN3O2/c23-19-3-6-21(7-4-19)28-17-15-25-14-11-20-5-8-22(27)26(20)16-1-2-18-9-12-24-13-10-18/h3-4,6-7,9-10,12-13,20,25H,1-2,5,8,11,14-17H2. The fourth-order valence-electron chi connectivity index (χ4n) is 3.57. The van der Waals surface area contributed by atoms with Gasteiger partial charge in [0.1, 0.15) is 18.2 Å². The second-order valence-corrected chi connectivity index (χ2v) is 7.08. The number of hydrogen-bond acceptors (Lipinski definition) is 4. The molecule has 1 atom stereocenters. The van der Waals surface area contributed by atoms with E-state index >= 15 is 0 Å². The summed E-state index contributed by atoms with van der Waals surface area (Å²) in [6.45, 7) is 2.93. The maximum absolute atomic E-state index is 12.8. The van der Waals surface area contributed by atoms with Crippen LogP contribution in [0.25, 0.3) is 0 Å². The maximum Gasteiger partial charge on any atom is 0.222 e. The molecule has 2 heterocycles. The molecule has 2 aromatic rings. The van der Waals surface area contributed by atoms with E-state index in [-0.39, 0.29) is 11.7 Å². The van der Waals surface area contributed by atoms with Crippen LogP contribution in [0, 0.1) is 5.82 Å². The number of rotatable bonds is 11. The molecule has 1 aliphatic heterocycles. The van der Waals surface area contributed by atoms with Crippen LogP contribution in [-0.2, 0) is 11.2 Å². The van der Waals surface area contributed by atoms with E-state index in [4.69, 9.17) is 4.74 Å². The summed E-state index contributed by atoms with van der Waals surface area (Å²) in [5, 5.41) is 3.37. The summed E-state index contributed by atoms with van der Waals surface area (Å²) in [6.07, 6.45) is 8.13. The molecular formula is C22H28FN3O2. The van der Waals surface area contributed by atoms with Gasteiger partial charge in [0.05, 0.1) is 0 Å². The molecule has 3 rings (SSSR count). The lowest BCUT2D eigenvalue weighted by atomic mass is 10.1. The molecule has 1 saturated heterocycles. The third kappa shape index (κ3) is 6.30. The Morgan fingerprint density at radius 1 is 1.14 bits per heavy atom. The lowest BCUT2D eigenvalue weighted by Gasteiger charge is -2.25. The van der Waals surface area contributed by atoms with Gasteiger partial charge in [-0.3, -0.25) is 9.78 Å². The second kappa shape index (κ2) is 10.8. The number of aryl methyl sites for hydroxylation is 1. The SMILES string of the molecule is O=C1CCC(CCNCCOc2ccc(F)cc2)N1CCCc1ccncc1. The number of likely N-dealkylation sites (tertiary alicyclic amines) is 1. The molecule has 5 nitrogen and oxygen atoms in total. The molecular weight excluding hydrogens is 357 g/mol. The molecule has 0 aliphatic carbocycles. The fourth-order valence-corrected chi connectivity index (χ4v) is 3.57. The summed E-state index contributed by atoms with van der Waals surface area (Å²) in [5.41, 5.74) is 1.26. The Labute approximate surface area is 165 Å². The van der Waals surface area contributed by atoms with Gasteiger partial charge in [-0.2, -0.15) is 0 Å². The molecule has 150 valence electrons. The van der Waals surface area contributed by atoms with Crippen LogP contribution in [0.2, 0.25) is 0 Å².